The SMILES string of the molecule is CC(C)(C)c1ccc2c(c1)c1cc(C(C)(C)C)ccc1n2-c1cc(C#N)cc(C#N)c1. The second-order valence-electron chi connectivity index (χ2n) is 10.3. The minimum Gasteiger partial charge on any atom is -0.309 e. The van der Waals surface area contributed by atoms with E-state index in [1.54, 1.807) is 6.07 Å². The van der Waals surface area contributed by atoms with E-state index in [-0.39, 0.29) is 10.8 Å². The van der Waals surface area contributed by atoms with Crippen molar-refractivity contribution in [2.45, 2.75) is 52.4 Å². The number of nitriles is 2. The van der Waals surface area contributed by atoms with E-state index in [0.717, 1.165) is 16.7 Å². The monoisotopic (exact) mass is 405 g/mol. The molecule has 154 valence electrons. The summed E-state index contributed by atoms with van der Waals surface area (Å²) in [6.45, 7) is 13.4. The molecule has 4 aromatic rings. The molecule has 0 amide bonds. The van der Waals surface area contributed by atoms with Crippen LogP contribution >= 0.6 is 0 Å². The maximum atomic E-state index is 9.49. The molecule has 31 heavy (non-hydrogen) atoms. The number of nitrogens with zero attached hydrogens (tertiary/aromatic N) is 3. The Kier molecular flexibility index (Phi) is 4.68. The van der Waals surface area contributed by atoms with Crippen molar-refractivity contribution in [3.05, 3.63) is 76.9 Å². The van der Waals surface area contributed by atoms with Gasteiger partial charge >= 0.3 is 0 Å². The Hall–Kier alpha value is -3.56. The Bertz CT molecular complexity index is 1300. The van der Waals surface area contributed by atoms with Crippen LogP contribution in [0.3, 0.4) is 0 Å². The van der Waals surface area contributed by atoms with Gasteiger partial charge in [0.15, 0.2) is 0 Å². The minimum atomic E-state index is 0.0406. The fourth-order valence-electron chi connectivity index (χ4n) is 4.10. The maximum absolute atomic E-state index is 9.49. The predicted molar refractivity (Wildman–Crippen MR) is 128 cm³/mol. The van der Waals surface area contributed by atoms with Gasteiger partial charge < -0.3 is 4.57 Å². The molecular weight excluding hydrogens is 378 g/mol. The number of hydrogen-bond acceptors (Lipinski definition) is 2. The van der Waals surface area contributed by atoms with E-state index in [4.69, 9.17) is 0 Å². The van der Waals surface area contributed by atoms with E-state index in [1.165, 1.54) is 21.9 Å². The van der Waals surface area contributed by atoms with Crippen LogP contribution in [-0.4, -0.2) is 4.57 Å². The van der Waals surface area contributed by atoms with Crippen molar-refractivity contribution in [3.8, 4) is 17.8 Å². The first-order valence-electron chi connectivity index (χ1n) is 10.6. The Balaban J connectivity index is 2.15. The highest BCUT2D eigenvalue weighted by Gasteiger charge is 2.21. The maximum Gasteiger partial charge on any atom is 0.0992 e. The summed E-state index contributed by atoms with van der Waals surface area (Å²) in [5.41, 5.74) is 6.61. The van der Waals surface area contributed by atoms with Crippen LogP contribution in [0.2, 0.25) is 0 Å². The van der Waals surface area contributed by atoms with Crippen LogP contribution in [0.4, 0.5) is 0 Å². The molecule has 0 atom stereocenters. The standard InChI is InChI=1S/C28H27N3/c1-27(2,3)20-7-9-25-23(14-20)24-15-21(28(4,5)6)8-10-26(24)31(25)22-12-18(16-29)11-19(13-22)17-30/h7-15H,1-6H3. The van der Waals surface area contributed by atoms with E-state index in [1.807, 2.05) is 12.1 Å². The largest absolute Gasteiger partial charge is 0.309 e. The van der Waals surface area contributed by atoms with Crippen LogP contribution in [0.1, 0.15) is 63.8 Å². The molecule has 0 radical (unpaired) electrons. The van der Waals surface area contributed by atoms with Crippen molar-refractivity contribution in [3.63, 3.8) is 0 Å². The molecule has 0 unspecified atom stereocenters. The molecule has 3 aromatic carbocycles. The van der Waals surface area contributed by atoms with E-state index >= 15 is 0 Å². The number of hydrogen-bond donors (Lipinski definition) is 0. The molecule has 3 nitrogen and oxygen atoms in total. The van der Waals surface area contributed by atoms with Crippen LogP contribution in [0.5, 0.6) is 0 Å². The summed E-state index contributed by atoms with van der Waals surface area (Å²) in [6, 6.07) is 23.0. The highest BCUT2D eigenvalue weighted by atomic mass is 15.0. The summed E-state index contributed by atoms with van der Waals surface area (Å²) < 4.78 is 2.17. The van der Waals surface area contributed by atoms with Gasteiger partial charge in [-0.2, -0.15) is 10.5 Å². The smallest absolute Gasteiger partial charge is 0.0992 e. The average Bonchev–Trinajstić information content (AvgIpc) is 3.05. The fourth-order valence-corrected chi connectivity index (χ4v) is 4.10. The van der Waals surface area contributed by atoms with E-state index in [0.29, 0.717) is 11.1 Å². The van der Waals surface area contributed by atoms with Crippen molar-refractivity contribution in [1.82, 2.24) is 4.57 Å². The minimum absolute atomic E-state index is 0.0406. The predicted octanol–water partition coefficient (Wildman–Crippen LogP) is 7.12. The second kappa shape index (κ2) is 7.00. The van der Waals surface area contributed by atoms with Crippen molar-refractivity contribution in [1.29, 1.82) is 10.5 Å². The van der Waals surface area contributed by atoms with Gasteiger partial charge in [0.05, 0.1) is 34.3 Å². The molecule has 0 spiro atoms. The van der Waals surface area contributed by atoms with Crippen LogP contribution in [-0.2, 0) is 10.8 Å². The van der Waals surface area contributed by atoms with Crippen LogP contribution in [0, 0.1) is 22.7 Å². The molecule has 1 aromatic heterocycles. The lowest BCUT2D eigenvalue weighted by Crippen LogP contribution is -2.10. The molecule has 0 bridgehead atoms. The van der Waals surface area contributed by atoms with Gasteiger partial charge in [-0.3, -0.25) is 0 Å². The molecule has 0 fully saturated rings. The molecule has 0 aliphatic heterocycles. The zero-order valence-corrected chi connectivity index (χ0v) is 19.0. The lowest BCUT2D eigenvalue weighted by Gasteiger charge is -2.19. The highest BCUT2D eigenvalue weighted by molar-refractivity contribution is 6.10. The van der Waals surface area contributed by atoms with Crippen molar-refractivity contribution < 1.29 is 0 Å². The normalized spacial score (nSPS) is 12.1. The van der Waals surface area contributed by atoms with Crippen molar-refractivity contribution in [2.24, 2.45) is 0 Å². The first-order valence-corrected chi connectivity index (χ1v) is 10.6. The van der Waals surface area contributed by atoms with Gasteiger partial charge in [0.2, 0.25) is 0 Å². The summed E-state index contributed by atoms with van der Waals surface area (Å²) in [7, 11) is 0. The molecule has 0 aliphatic carbocycles. The lowest BCUT2D eigenvalue weighted by atomic mass is 9.85. The van der Waals surface area contributed by atoms with E-state index in [9.17, 15) is 10.5 Å². The number of fused-ring (bicyclic) bond motifs is 3. The fraction of sp³-hybridized carbons (Fsp3) is 0.286. The van der Waals surface area contributed by atoms with Gasteiger partial charge in [-0.05, 0) is 64.4 Å². The Labute approximate surface area is 184 Å². The van der Waals surface area contributed by atoms with Gasteiger partial charge in [0.1, 0.15) is 0 Å². The summed E-state index contributed by atoms with van der Waals surface area (Å²) in [5.74, 6) is 0. The molecule has 0 aliphatic rings. The average molecular weight is 406 g/mol. The Morgan fingerprint density at radius 3 is 1.39 bits per heavy atom. The first kappa shape index (κ1) is 20.7. The molecule has 1 heterocycles. The third kappa shape index (κ3) is 3.58. The van der Waals surface area contributed by atoms with E-state index < -0.39 is 0 Å². The third-order valence-corrected chi connectivity index (χ3v) is 5.93. The molecule has 0 N–H and O–H groups in total. The summed E-state index contributed by atoms with van der Waals surface area (Å²) in [4.78, 5) is 0. The highest BCUT2D eigenvalue weighted by Crippen LogP contribution is 2.37. The molecule has 0 saturated carbocycles. The number of aromatic nitrogens is 1. The molecular formula is C28H27N3. The molecule has 3 heteroatoms. The van der Waals surface area contributed by atoms with Gasteiger partial charge in [-0.25, -0.2) is 0 Å². The van der Waals surface area contributed by atoms with Crippen LogP contribution in [0.15, 0.2) is 54.6 Å². The van der Waals surface area contributed by atoms with Crippen LogP contribution < -0.4 is 0 Å². The third-order valence-electron chi connectivity index (χ3n) is 5.93. The summed E-state index contributed by atoms with van der Waals surface area (Å²) in [6.07, 6.45) is 0. The Morgan fingerprint density at radius 1 is 0.613 bits per heavy atom. The van der Waals surface area contributed by atoms with Gasteiger partial charge in [-0.1, -0.05) is 53.7 Å². The number of rotatable bonds is 1. The van der Waals surface area contributed by atoms with Gasteiger partial charge in [0, 0.05) is 16.5 Å². The van der Waals surface area contributed by atoms with Crippen molar-refractivity contribution >= 4 is 21.8 Å². The Morgan fingerprint density at radius 2 is 1.03 bits per heavy atom. The van der Waals surface area contributed by atoms with E-state index in [2.05, 4.69) is 94.6 Å². The quantitative estimate of drug-likeness (QED) is 0.338. The van der Waals surface area contributed by atoms with Gasteiger partial charge in [0.25, 0.3) is 0 Å². The zero-order chi connectivity index (χ0) is 22.6. The molecule has 4 rings (SSSR count). The summed E-state index contributed by atoms with van der Waals surface area (Å²) >= 11 is 0. The van der Waals surface area contributed by atoms with Gasteiger partial charge in [-0.15, -0.1) is 0 Å². The second-order valence-corrected chi connectivity index (χ2v) is 10.3. The summed E-state index contributed by atoms with van der Waals surface area (Å²) in [5, 5.41) is 21.4. The lowest BCUT2D eigenvalue weighted by molar-refractivity contribution is 0.590. The first-order chi connectivity index (χ1) is 14.5. The zero-order valence-electron chi connectivity index (χ0n) is 19.0. The number of benzene rings is 3. The van der Waals surface area contributed by atoms with Crippen molar-refractivity contribution in [2.75, 3.05) is 0 Å². The topological polar surface area (TPSA) is 52.5 Å². The van der Waals surface area contributed by atoms with Crippen LogP contribution in [0.25, 0.3) is 27.5 Å². The molecule has 0 saturated heterocycles.